The molecule has 0 aliphatic rings. The van der Waals surface area contributed by atoms with Crippen LogP contribution < -0.4 is 5.32 Å². The largest absolute Gasteiger partial charge is 0.305 e. The molecule has 0 aliphatic carbocycles. The number of hydrogen-bond acceptors (Lipinski definition) is 3. The van der Waals surface area contributed by atoms with Crippen LogP contribution in [0.15, 0.2) is 72.9 Å². The van der Waals surface area contributed by atoms with Crippen LogP contribution in [-0.2, 0) is 13.1 Å². The molecular weight excluding hydrogens is 362 g/mol. The molecule has 0 aliphatic heterocycles. The lowest BCUT2D eigenvalue weighted by molar-refractivity contribution is 0.102. The minimum Gasteiger partial charge on any atom is -0.305 e. The van der Waals surface area contributed by atoms with Gasteiger partial charge in [-0.05, 0) is 43.2 Å². The summed E-state index contributed by atoms with van der Waals surface area (Å²) >= 11 is 0. The van der Waals surface area contributed by atoms with Gasteiger partial charge in [-0.1, -0.05) is 42.5 Å². The van der Waals surface area contributed by atoms with E-state index in [9.17, 15) is 4.79 Å². The summed E-state index contributed by atoms with van der Waals surface area (Å²) in [7, 11) is 0. The van der Waals surface area contributed by atoms with Gasteiger partial charge in [0.05, 0.1) is 18.8 Å². The smallest absolute Gasteiger partial charge is 0.256 e. The zero-order valence-electron chi connectivity index (χ0n) is 16.5. The normalized spacial score (nSPS) is 10.8. The fourth-order valence-corrected chi connectivity index (χ4v) is 3.24. The molecule has 1 N–H and O–H groups in total. The van der Waals surface area contributed by atoms with Gasteiger partial charge in [0.2, 0.25) is 0 Å². The van der Waals surface area contributed by atoms with Crippen molar-refractivity contribution < 1.29 is 4.79 Å². The van der Waals surface area contributed by atoms with Gasteiger partial charge in [0.25, 0.3) is 5.91 Å². The lowest BCUT2D eigenvalue weighted by Gasteiger charge is -2.07. The number of anilines is 1. The Balaban J connectivity index is 1.38. The number of carbonyl (C=O) groups is 1. The Morgan fingerprint density at radius 3 is 2.31 bits per heavy atom. The number of carbonyl (C=O) groups excluding carboxylic acids is 1. The second kappa shape index (κ2) is 8.14. The van der Waals surface area contributed by atoms with E-state index in [-0.39, 0.29) is 5.91 Å². The molecule has 1 amide bonds. The van der Waals surface area contributed by atoms with Gasteiger partial charge in [0, 0.05) is 23.5 Å². The maximum Gasteiger partial charge on any atom is 0.256 e. The van der Waals surface area contributed by atoms with Gasteiger partial charge < -0.3 is 5.32 Å². The van der Waals surface area contributed by atoms with Crippen LogP contribution in [0.25, 0.3) is 0 Å². The van der Waals surface area contributed by atoms with E-state index >= 15 is 0 Å². The third kappa shape index (κ3) is 4.60. The SMILES string of the molecule is Cc1cc(C)n(Cc2ccc(C(=O)Nc3ccn(Cc4ccccc4)n3)cc2)n1. The maximum atomic E-state index is 12.5. The number of hydrogen-bond donors (Lipinski definition) is 1. The summed E-state index contributed by atoms with van der Waals surface area (Å²) in [5, 5.41) is 11.8. The van der Waals surface area contributed by atoms with Crippen LogP contribution in [0, 0.1) is 13.8 Å². The van der Waals surface area contributed by atoms with Crippen molar-refractivity contribution in [3.05, 3.63) is 101 Å². The van der Waals surface area contributed by atoms with Crippen LogP contribution in [0.4, 0.5) is 5.82 Å². The Morgan fingerprint density at radius 2 is 1.62 bits per heavy atom. The molecule has 6 nitrogen and oxygen atoms in total. The lowest BCUT2D eigenvalue weighted by Crippen LogP contribution is -2.13. The molecule has 0 fully saturated rings. The monoisotopic (exact) mass is 385 g/mol. The summed E-state index contributed by atoms with van der Waals surface area (Å²) in [6.45, 7) is 5.38. The van der Waals surface area contributed by atoms with Crippen molar-refractivity contribution in [2.45, 2.75) is 26.9 Å². The van der Waals surface area contributed by atoms with Gasteiger partial charge in [-0.15, -0.1) is 0 Å². The minimum atomic E-state index is -0.173. The number of aryl methyl sites for hydroxylation is 2. The van der Waals surface area contributed by atoms with Crippen LogP contribution >= 0.6 is 0 Å². The molecule has 4 rings (SSSR count). The Morgan fingerprint density at radius 1 is 0.897 bits per heavy atom. The Labute approximate surface area is 169 Å². The topological polar surface area (TPSA) is 64.7 Å². The highest BCUT2D eigenvalue weighted by Crippen LogP contribution is 2.12. The van der Waals surface area contributed by atoms with Gasteiger partial charge in [-0.3, -0.25) is 14.2 Å². The first kappa shape index (κ1) is 18.7. The zero-order valence-corrected chi connectivity index (χ0v) is 16.5. The summed E-state index contributed by atoms with van der Waals surface area (Å²) in [5.74, 6) is 0.366. The molecule has 2 heterocycles. The van der Waals surface area contributed by atoms with Crippen LogP contribution in [0.5, 0.6) is 0 Å². The minimum absolute atomic E-state index is 0.173. The lowest BCUT2D eigenvalue weighted by atomic mass is 10.1. The van der Waals surface area contributed by atoms with Crippen molar-refractivity contribution in [2.24, 2.45) is 0 Å². The highest BCUT2D eigenvalue weighted by Gasteiger charge is 2.09. The van der Waals surface area contributed by atoms with E-state index in [0.29, 0.717) is 24.5 Å². The molecule has 146 valence electrons. The Hall–Kier alpha value is -3.67. The molecule has 0 unspecified atom stereocenters. The molecule has 4 aromatic rings. The van der Waals surface area contributed by atoms with Crippen LogP contribution in [0.2, 0.25) is 0 Å². The van der Waals surface area contributed by atoms with Gasteiger partial charge in [-0.25, -0.2) is 0 Å². The van der Waals surface area contributed by atoms with Crippen LogP contribution in [0.3, 0.4) is 0 Å². The van der Waals surface area contributed by atoms with Crippen molar-refractivity contribution in [3.8, 4) is 0 Å². The number of rotatable bonds is 6. The number of nitrogens with one attached hydrogen (secondary N) is 1. The molecule has 0 saturated carbocycles. The van der Waals surface area contributed by atoms with Crippen molar-refractivity contribution in [1.82, 2.24) is 19.6 Å². The number of amides is 1. The second-order valence-corrected chi connectivity index (χ2v) is 7.12. The van der Waals surface area contributed by atoms with Crippen molar-refractivity contribution in [2.75, 3.05) is 5.32 Å². The first-order valence-corrected chi connectivity index (χ1v) is 9.55. The Kier molecular flexibility index (Phi) is 5.24. The standard InChI is InChI=1S/C23H23N5O/c1-17-14-18(2)28(25-17)16-20-8-10-21(11-9-20)23(29)24-22-12-13-27(26-22)15-19-6-4-3-5-7-19/h3-14H,15-16H2,1-2H3,(H,24,26,29). The quantitative estimate of drug-likeness (QED) is 0.545. The van der Waals surface area contributed by atoms with E-state index in [0.717, 1.165) is 22.5 Å². The van der Waals surface area contributed by atoms with E-state index in [4.69, 9.17) is 0 Å². The third-order valence-electron chi connectivity index (χ3n) is 4.72. The van der Waals surface area contributed by atoms with Gasteiger partial charge >= 0.3 is 0 Å². The summed E-state index contributed by atoms with van der Waals surface area (Å²) in [6, 6.07) is 21.5. The Bertz CT molecular complexity index is 1110. The first-order valence-electron chi connectivity index (χ1n) is 9.55. The molecule has 2 aromatic heterocycles. The molecule has 29 heavy (non-hydrogen) atoms. The highest BCUT2D eigenvalue weighted by atomic mass is 16.1. The van der Waals surface area contributed by atoms with E-state index in [1.807, 2.05) is 84.0 Å². The number of nitrogens with zero attached hydrogens (tertiary/aromatic N) is 4. The molecule has 2 aromatic carbocycles. The van der Waals surface area contributed by atoms with E-state index in [2.05, 4.69) is 21.6 Å². The molecular formula is C23H23N5O. The van der Waals surface area contributed by atoms with Crippen LogP contribution in [-0.4, -0.2) is 25.5 Å². The van der Waals surface area contributed by atoms with Crippen molar-refractivity contribution in [1.29, 1.82) is 0 Å². The van der Waals surface area contributed by atoms with E-state index in [1.165, 1.54) is 0 Å². The van der Waals surface area contributed by atoms with Crippen molar-refractivity contribution in [3.63, 3.8) is 0 Å². The maximum absolute atomic E-state index is 12.5. The molecule has 0 radical (unpaired) electrons. The molecule has 0 saturated heterocycles. The predicted octanol–water partition coefficient (Wildman–Crippen LogP) is 4.05. The summed E-state index contributed by atoms with van der Waals surface area (Å²) in [4.78, 5) is 12.5. The second-order valence-electron chi connectivity index (χ2n) is 7.12. The molecule has 6 heteroatoms. The fourth-order valence-electron chi connectivity index (χ4n) is 3.24. The average molecular weight is 385 g/mol. The van der Waals surface area contributed by atoms with Gasteiger partial charge in [-0.2, -0.15) is 10.2 Å². The van der Waals surface area contributed by atoms with Crippen LogP contribution in [0.1, 0.15) is 32.9 Å². The summed E-state index contributed by atoms with van der Waals surface area (Å²) in [6.07, 6.45) is 1.86. The van der Waals surface area contributed by atoms with Gasteiger partial charge in [0.1, 0.15) is 0 Å². The first-order chi connectivity index (χ1) is 14.1. The van der Waals surface area contributed by atoms with Gasteiger partial charge in [0.15, 0.2) is 5.82 Å². The summed E-state index contributed by atoms with van der Waals surface area (Å²) in [5.41, 5.74) is 4.98. The summed E-state index contributed by atoms with van der Waals surface area (Å²) < 4.78 is 3.77. The average Bonchev–Trinajstić information content (AvgIpc) is 3.28. The van der Waals surface area contributed by atoms with E-state index in [1.54, 1.807) is 6.07 Å². The predicted molar refractivity (Wildman–Crippen MR) is 113 cm³/mol. The number of aromatic nitrogens is 4. The highest BCUT2D eigenvalue weighted by molar-refractivity contribution is 6.03. The molecule has 0 bridgehead atoms. The third-order valence-corrected chi connectivity index (χ3v) is 4.72. The zero-order chi connectivity index (χ0) is 20.2. The van der Waals surface area contributed by atoms with Crippen molar-refractivity contribution >= 4 is 11.7 Å². The fraction of sp³-hybridized carbons (Fsp3) is 0.174. The molecule has 0 atom stereocenters. The van der Waals surface area contributed by atoms with E-state index < -0.39 is 0 Å². The molecule has 0 spiro atoms. The number of benzene rings is 2.